The first kappa shape index (κ1) is 30.8. The first-order chi connectivity index (χ1) is 13.3. The summed E-state index contributed by atoms with van der Waals surface area (Å²) in [6.45, 7) is 1.90. The van der Waals surface area contributed by atoms with Gasteiger partial charge >= 0.3 is 19.5 Å². The molecule has 0 fully saturated rings. The molecule has 1 aliphatic carbocycles. The second-order valence-electron chi connectivity index (χ2n) is 6.21. The van der Waals surface area contributed by atoms with Gasteiger partial charge in [0.1, 0.15) is 4.99 Å². The summed E-state index contributed by atoms with van der Waals surface area (Å²) in [5.41, 5.74) is 5.74. The number of rotatable bonds is 4. The van der Waals surface area contributed by atoms with Gasteiger partial charge < -0.3 is 24.8 Å². The van der Waals surface area contributed by atoms with Gasteiger partial charge in [-0.1, -0.05) is 72.9 Å². The Morgan fingerprint density at radius 3 is 1.93 bits per heavy atom. The van der Waals surface area contributed by atoms with E-state index in [9.17, 15) is 0 Å². The first-order valence-corrected chi connectivity index (χ1v) is 9.75. The minimum absolute atomic E-state index is 0. The Bertz CT molecular complexity index is 756. The summed E-state index contributed by atoms with van der Waals surface area (Å²) >= 11 is 5.27. The molecule has 0 atom stereocenters. The van der Waals surface area contributed by atoms with Crippen molar-refractivity contribution in [2.45, 2.75) is 39.0 Å². The number of halogens is 2. The van der Waals surface area contributed by atoms with E-state index >= 15 is 0 Å². The molecule has 1 N–H and O–H groups in total. The quantitative estimate of drug-likeness (QED) is 0.186. The average molecular weight is 550 g/mol. The maximum absolute atomic E-state index is 5.27. The van der Waals surface area contributed by atoms with Crippen molar-refractivity contribution in [1.29, 1.82) is 0 Å². The molecule has 30 heavy (non-hydrogen) atoms. The van der Waals surface area contributed by atoms with Gasteiger partial charge in [0, 0.05) is 12.6 Å². The van der Waals surface area contributed by atoms with Crippen molar-refractivity contribution in [2.24, 2.45) is 5.10 Å². The Morgan fingerprint density at radius 2 is 1.43 bits per heavy atom. The molecule has 1 heterocycles. The van der Waals surface area contributed by atoms with Crippen LogP contribution in [0.2, 0.25) is 0 Å². The van der Waals surface area contributed by atoms with Crippen molar-refractivity contribution in [3.05, 3.63) is 90.3 Å². The standard InChI is InChI=1S/C15H15N3S.C8H12.2ClH.Ru/c1-12(14-9-5-6-10-16-14)17-18-15(19)11-13-7-3-2-4-8-13;1-2-4-6-8-7-5-3-1;;;/h2-10H,11H2,1H3,(H,18,19);1-2,7-8H,3-6H2;2*1H;/q;;;;+2/p-2/b17-12+;2-1-,8-7-;;;. The fourth-order valence-electron chi connectivity index (χ4n) is 2.46. The third-order valence-corrected chi connectivity index (χ3v) is 4.16. The fraction of sp³-hybridized carbons (Fsp3) is 0.261. The van der Waals surface area contributed by atoms with E-state index in [1.807, 2.05) is 55.5 Å². The molecule has 0 amide bonds. The molecule has 0 spiro atoms. The molecule has 0 unspecified atom stereocenters. The van der Waals surface area contributed by atoms with Gasteiger partial charge in [0.15, 0.2) is 0 Å². The normalized spacial score (nSPS) is 14.5. The number of hydrazone groups is 1. The van der Waals surface area contributed by atoms with Crippen molar-refractivity contribution in [3.63, 3.8) is 0 Å². The van der Waals surface area contributed by atoms with Crippen molar-refractivity contribution < 1.29 is 44.3 Å². The predicted octanol–water partition coefficient (Wildman–Crippen LogP) is -0.356. The first-order valence-electron chi connectivity index (χ1n) is 9.34. The van der Waals surface area contributed by atoms with Crippen LogP contribution in [0.15, 0.2) is 84.1 Å². The van der Waals surface area contributed by atoms with Crippen LogP contribution in [0.5, 0.6) is 0 Å². The van der Waals surface area contributed by atoms with E-state index in [-0.39, 0.29) is 44.3 Å². The van der Waals surface area contributed by atoms with Crippen LogP contribution in [-0.4, -0.2) is 15.7 Å². The van der Waals surface area contributed by atoms with Crippen LogP contribution in [-0.2, 0) is 25.9 Å². The zero-order chi connectivity index (χ0) is 19.2. The largest absolute Gasteiger partial charge is 2.00 e. The number of hydrogen-bond donors (Lipinski definition) is 1. The fourth-order valence-corrected chi connectivity index (χ4v) is 2.67. The minimum Gasteiger partial charge on any atom is -1.00 e. The third-order valence-electron chi connectivity index (χ3n) is 3.92. The van der Waals surface area contributed by atoms with E-state index in [1.54, 1.807) is 6.20 Å². The summed E-state index contributed by atoms with van der Waals surface area (Å²) < 4.78 is 0. The van der Waals surface area contributed by atoms with Crippen LogP contribution < -0.4 is 30.2 Å². The number of aromatic nitrogens is 1. The molecule has 0 bridgehead atoms. The van der Waals surface area contributed by atoms with E-state index < -0.39 is 0 Å². The molecule has 1 aromatic carbocycles. The Balaban J connectivity index is 0. The molecule has 0 saturated carbocycles. The van der Waals surface area contributed by atoms with Gasteiger partial charge in [-0.2, -0.15) is 5.10 Å². The molecule has 7 heteroatoms. The van der Waals surface area contributed by atoms with Gasteiger partial charge in [-0.05, 0) is 50.3 Å². The van der Waals surface area contributed by atoms with Crippen LogP contribution in [0.25, 0.3) is 0 Å². The van der Waals surface area contributed by atoms with E-state index in [1.165, 1.54) is 31.2 Å². The summed E-state index contributed by atoms with van der Waals surface area (Å²) in [5, 5.41) is 4.25. The number of hydrogen-bond acceptors (Lipinski definition) is 3. The van der Waals surface area contributed by atoms with Crippen LogP contribution in [0.3, 0.4) is 0 Å². The molecular formula is C23H27Cl2N3RuS. The second-order valence-corrected chi connectivity index (χ2v) is 6.70. The molecule has 2 aromatic rings. The van der Waals surface area contributed by atoms with E-state index in [0.29, 0.717) is 11.4 Å². The number of nitrogens with zero attached hydrogens (tertiary/aromatic N) is 2. The molecule has 0 radical (unpaired) electrons. The van der Waals surface area contributed by atoms with Crippen LogP contribution >= 0.6 is 12.2 Å². The molecule has 0 aliphatic heterocycles. The summed E-state index contributed by atoms with van der Waals surface area (Å²) in [6, 6.07) is 15.8. The maximum Gasteiger partial charge on any atom is 2.00 e. The topological polar surface area (TPSA) is 37.3 Å². The van der Waals surface area contributed by atoms with Crippen LogP contribution in [0.4, 0.5) is 0 Å². The molecular weight excluding hydrogens is 522 g/mol. The number of pyridine rings is 1. The Kier molecular flexibility index (Phi) is 20.1. The number of benzene rings is 1. The molecule has 1 aliphatic rings. The van der Waals surface area contributed by atoms with Crippen molar-refractivity contribution in [1.82, 2.24) is 10.4 Å². The van der Waals surface area contributed by atoms with E-state index in [2.05, 4.69) is 39.8 Å². The Hall–Kier alpha value is -1.39. The zero-order valence-corrected chi connectivity index (χ0v) is 21.0. The molecule has 0 saturated heterocycles. The summed E-state index contributed by atoms with van der Waals surface area (Å²) in [4.78, 5) is 4.92. The van der Waals surface area contributed by atoms with Gasteiger partial charge in [0.05, 0.1) is 11.4 Å². The molecule has 3 nitrogen and oxygen atoms in total. The summed E-state index contributed by atoms with van der Waals surface area (Å²) in [7, 11) is 0. The van der Waals surface area contributed by atoms with Crippen LogP contribution in [0.1, 0.15) is 43.9 Å². The van der Waals surface area contributed by atoms with Gasteiger partial charge in [-0.3, -0.25) is 10.4 Å². The molecule has 1 aromatic heterocycles. The average Bonchev–Trinajstić information content (AvgIpc) is 2.67. The van der Waals surface area contributed by atoms with Gasteiger partial charge in [-0.25, -0.2) is 0 Å². The summed E-state index contributed by atoms with van der Waals surface area (Å²) in [5.74, 6) is 0. The van der Waals surface area contributed by atoms with E-state index in [0.717, 1.165) is 11.4 Å². The second kappa shape index (κ2) is 19.6. The smallest absolute Gasteiger partial charge is 1.00 e. The third kappa shape index (κ3) is 13.8. The van der Waals surface area contributed by atoms with Gasteiger partial charge in [-0.15, -0.1) is 0 Å². The number of nitrogens with one attached hydrogen (secondary N) is 1. The maximum atomic E-state index is 5.27. The molecule has 3 rings (SSSR count). The van der Waals surface area contributed by atoms with Crippen molar-refractivity contribution >= 4 is 22.9 Å². The molecule has 162 valence electrons. The Labute approximate surface area is 211 Å². The Morgan fingerprint density at radius 1 is 0.900 bits per heavy atom. The zero-order valence-electron chi connectivity index (χ0n) is 17.0. The van der Waals surface area contributed by atoms with Gasteiger partial charge in [0.2, 0.25) is 0 Å². The van der Waals surface area contributed by atoms with E-state index in [4.69, 9.17) is 12.2 Å². The van der Waals surface area contributed by atoms with Gasteiger partial charge in [0.25, 0.3) is 0 Å². The van der Waals surface area contributed by atoms with Crippen molar-refractivity contribution in [3.8, 4) is 0 Å². The summed E-state index contributed by atoms with van der Waals surface area (Å²) in [6.07, 6.45) is 16.4. The number of thiocarbonyl (C=S) groups is 1. The SMILES string of the molecule is C/C(=N\NC(=S)Cc1ccccc1)c1ccccn1.C1=C\CC/C=C\CC/1.[Cl-].[Cl-].[Ru+2]. The monoisotopic (exact) mass is 549 g/mol. The minimum atomic E-state index is 0. The number of allylic oxidation sites excluding steroid dienone is 4. The van der Waals surface area contributed by atoms with Crippen LogP contribution in [0, 0.1) is 0 Å². The van der Waals surface area contributed by atoms with Crippen molar-refractivity contribution in [2.75, 3.05) is 0 Å². The predicted molar refractivity (Wildman–Crippen MR) is 119 cm³/mol.